The number of para-hydroxylation sites is 1. The van der Waals surface area contributed by atoms with Gasteiger partial charge in [0.1, 0.15) is 5.76 Å². The van der Waals surface area contributed by atoms with E-state index in [2.05, 4.69) is 10.6 Å². The number of likely N-dealkylation sites (tertiary alicyclic amines) is 1. The third kappa shape index (κ3) is 4.23. The summed E-state index contributed by atoms with van der Waals surface area (Å²) in [6.45, 7) is 0.800. The number of carbonyl (C=O) groups excluding carboxylic acids is 2. The van der Waals surface area contributed by atoms with E-state index in [0.717, 1.165) is 17.1 Å². The van der Waals surface area contributed by atoms with Gasteiger partial charge in [0.05, 0.1) is 18.7 Å². The van der Waals surface area contributed by atoms with Crippen LogP contribution in [0.2, 0.25) is 0 Å². The molecule has 1 aliphatic heterocycles. The van der Waals surface area contributed by atoms with Crippen LogP contribution in [-0.2, 0) is 16.1 Å². The number of rotatable bonds is 6. The molecule has 1 aromatic heterocycles. The smallest absolute Gasteiger partial charge is 0.229 e. The van der Waals surface area contributed by atoms with Crippen molar-refractivity contribution in [1.82, 2.24) is 4.90 Å². The van der Waals surface area contributed by atoms with Crippen LogP contribution in [0.3, 0.4) is 0 Å². The highest BCUT2D eigenvalue weighted by molar-refractivity contribution is 5.97. The molecule has 1 atom stereocenters. The molecule has 0 spiro atoms. The molecule has 0 saturated carbocycles. The van der Waals surface area contributed by atoms with Crippen LogP contribution >= 0.6 is 0 Å². The zero-order valence-corrected chi connectivity index (χ0v) is 15.3. The van der Waals surface area contributed by atoms with Crippen LogP contribution in [0.15, 0.2) is 77.4 Å². The van der Waals surface area contributed by atoms with Crippen molar-refractivity contribution in [2.24, 2.45) is 5.92 Å². The first-order valence-electron chi connectivity index (χ1n) is 9.20. The van der Waals surface area contributed by atoms with Gasteiger partial charge in [-0.25, -0.2) is 0 Å². The number of hydrogen-bond acceptors (Lipinski definition) is 4. The second kappa shape index (κ2) is 8.00. The van der Waals surface area contributed by atoms with Gasteiger partial charge in [0.2, 0.25) is 11.8 Å². The molecular weight excluding hydrogens is 354 g/mol. The first-order chi connectivity index (χ1) is 13.7. The molecule has 3 aromatic rings. The number of nitrogens with zero attached hydrogens (tertiary/aromatic N) is 1. The minimum Gasteiger partial charge on any atom is -0.467 e. The minimum absolute atomic E-state index is 0.0287. The van der Waals surface area contributed by atoms with Gasteiger partial charge in [0.15, 0.2) is 0 Å². The normalized spacial score (nSPS) is 16.2. The highest BCUT2D eigenvalue weighted by Gasteiger charge is 2.34. The molecule has 1 aliphatic rings. The van der Waals surface area contributed by atoms with Crippen LogP contribution in [0.5, 0.6) is 0 Å². The highest BCUT2D eigenvalue weighted by Crippen LogP contribution is 2.23. The van der Waals surface area contributed by atoms with E-state index < -0.39 is 0 Å². The third-order valence-corrected chi connectivity index (χ3v) is 4.73. The van der Waals surface area contributed by atoms with Crippen molar-refractivity contribution in [3.05, 3.63) is 78.8 Å². The Bertz CT molecular complexity index is 937. The third-order valence-electron chi connectivity index (χ3n) is 4.73. The highest BCUT2D eigenvalue weighted by atomic mass is 16.3. The lowest BCUT2D eigenvalue weighted by Crippen LogP contribution is -2.27. The SMILES string of the molecule is O=C(Nc1ccc(Nc2ccccc2)cc1)[C@@H]1CC(=O)N(Cc2ccco2)C1. The summed E-state index contributed by atoms with van der Waals surface area (Å²) in [4.78, 5) is 26.4. The summed E-state index contributed by atoms with van der Waals surface area (Å²) >= 11 is 0. The van der Waals surface area contributed by atoms with Crippen molar-refractivity contribution in [3.8, 4) is 0 Å². The predicted octanol–water partition coefficient (Wildman–Crippen LogP) is 4.01. The molecule has 1 fully saturated rings. The Hall–Kier alpha value is -3.54. The standard InChI is InChI=1S/C22H21N3O3/c26-21-13-16(14-25(21)15-20-7-4-12-28-20)22(27)24-19-10-8-18(9-11-19)23-17-5-2-1-3-6-17/h1-12,16,23H,13-15H2,(H,24,27)/t16-/m1/s1. The zero-order valence-electron chi connectivity index (χ0n) is 15.3. The quantitative estimate of drug-likeness (QED) is 0.683. The molecule has 2 heterocycles. The fraction of sp³-hybridized carbons (Fsp3) is 0.182. The summed E-state index contributed by atoms with van der Waals surface area (Å²) in [6, 6.07) is 21.0. The van der Waals surface area contributed by atoms with Crippen LogP contribution < -0.4 is 10.6 Å². The summed E-state index contributed by atoms with van der Waals surface area (Å²) in [5, 5.41) is 6.21. The van der Waals surface area contributed by atoms with Crippen molar-refractivity contribution in [3.63, 3.8) is 0 Å². The van der Waals surface area contributed by atoms with Gasteiger partial charge in [0.25, 0.3) is 0 Å². The van der Waals surface area contributed by atoms with E-state index in [9.17, 15) is 9.59 Å². The predicted molar refractivity (Wildman–Crippen MR) is 107 cm³/mol. The van der Waals surface area contributed by atoms with Gasteiger partial charge >= 0.3 is 0 Å². The molecule has 2 N–H and O–H groups in total. The molecule has 4 rings (SSSR count). The van der Waals surface area contributed by atoms with Crippen LogP contribution in [0.4, 0.5) is 17.1 Å². The van der Waals surface area contributed by atoms with E-state index in [0.29, 0.717) is 18.8 Å². The van der Waals surface area contributed by atoms with E-state index in [4.69, 9.17) is 4.42 Å². The van der Waals surface area contributed by atoms with E-state index in [1.807, 2.05) is 60.7 Å². The molecular formula is C22H21N3O3. The second-order valence-electron chi connectivity index (χ2n) is 6.81. The van der Waals surface area contributed by atoms with E-state index in [-0.39, 0.29) is 24.2 Å². The molecule has 6 heteroatoms. The van der Waals surface area contributed by atoms with Crippen LogP contribution in [0.1, 0.15) is 12.2 Å². The maximum absolute atomic E-state index is 12.6. The topological polar surface area (TPSA) is 74.6 Å². The van der Waals surface area contributed by atoms with Crippen LogP contribution in [-0.4, -0.2) is 23.3 Å². The fourth-order valence-electron chi connectivity index (χ4n) is 3.26. The molecule has 0 bridgehead atoms. The van der Waals surface area contributed by atoms with Gasteiger partial charge in [-0.3, -0.25) is 9.59 Å². The molecule has 2 aromatic carbocycles. The van der Waals surface area contributed by atoms with Crippen molar-refractivity contribution in [1.29, 1.82) is 0 Å². The van der Waals surface area contributed by atoms with Gasteiger partial charge in [-0.05, 0) is 48.5 Å². The lowest BCUT2D eigenvalue weighted by atomic mass is 10.1. The van der Waals surface area contributed by atoms with Crippen molar-refractivity contribution in [2.45, 2.75) is 13.0 Å². The molecule has 0 aliphatic carbocycles. The average Bonchev–Trinajstić information content (AvgIpc) is 3.35. The number of anilines is 3. The Labute approximate surface area is 163 Å². The van der Waals surface area contributed by atoms with Crippen molar-refractivity contribution in [2.75, 3.05) is 17.2 Å². The Morgan fingerprint density at radius 3 is 2.39 bits per heavy atom. The Balaban J connectivity index is 1.33. The van der Waals surface area contributed by atoms with E-state index in [1.165, 1.54) is 0 Å². The summed E-state index contributed by atoms with van der Waals surface area (Å²) < 4.78 is 5.29. The lowest BCUT2D eigenvalue weighted by Gasteiger charge is -2.15. The first kappa shape index (κ1) is 17.9. The summed E-state index contributed by atoms with van der Waals surface area (Å²) in [5.41, 5.74) is 2.64. The number of furan rings is 1. The molecule has 0 unspecified atom stereocenters. The molecule has 1 saturated heterocycles. The lowest BCUT2D eigenvalue weighted by molar-refractivity contribution is -0.128. The number of amides is 2. The number of nitrogens with one attached hydrogen (secondary N) is 2. The van der Waals surface area contributed by atoms with Gasteiger partial charge in [-0.2, -0.15) is 0 Å². The molecule has 2 amide bonds. The molecule has 0 radical (unpaired) electrons. The van der Waals surface area contributed by atoms with Crippen LogP contribution in [0.25, 0.3) is 0 Å². The second-order valence-corrected chi connectivity index (χ2v) is 6.81. The number of benzene rings is 2. The number of carbonyl (C=O) groups is 2. The maximum atomic E-state index is 12.6. The van der Waals surface area contributed by atoms with E-state index in [1.54, 1.807) is 17.2 Å². The van der Waals surface area contributed by atoms with Gasteiger partial charge < -0.3 is 20.0 Å². The molecule has 28 heavy (non-hydrogen) atoms. The van der Waals surface area contributed by atoms with Gasteiger partial charge in [-0.15, -0.1) is 0 Å². The number of hydrogen-bond donors (Lipinski definition) is 2. The van der Waals surface area contributed by atoms with E-state index >= 15 is 0 Å². The summed E-state index contributed by atoms with van der Waals surface area (Å²) in [7, 11) is 0. The Morgan fingerprint density at radius 2 is 1.68 bits per heavy atom. The summed E-state index contributed by atoms with van der Waals surface area (Å²) in [5.74, 6) is 0.193. The first-order valence-corrected chi connectivity index (χ1v) is 9.20. The minimum atomic E-state index is -0.357. The maximum Gasteiger partial charge on any atom is 0.229 e. The van der Waals surface area contributed by atoms with Crippen molar-refractivity contribution < 1.29 is 14.0 Å². The molecule has 142 valence electrons. The Kier molecular flexibility index (Phi) is 5.10. The fourth-order valence-corrected chi connectivity index (χ4v) is 3.26. The van der Waals surface area contributed by atoms with Gasteiger partial charge in [0, 0.05) is 30.0 Å². The Morgan fingerprint density at radius 1 is 0.964 bits per heavy atom. The largest absolute Gasteiger partial charge is 0.467 e. The van der Waals surface area contributed by atoms with Gasteiger partial charge in [-0.1, -0.05) is 18.2 Å². The monoisotopic (exact) mass is 375 g/mol. The average molecular weight is 375 g/mol. The zero-order chi connectivity index (χ0) is 19.3. The van der Waals surface area contributed by atoms with Crippen molar-refractivity contribution >= 4 is 28.9 Å². The van der Waals surface area contributed by atoms with Crippen LogP contribution in [0, 0.1) is 5.92 Å². The summed E-state index contributed by atoms with van der Waals surface area (Å²) in [6.07, 6.45) is 1.80. The molecule has 6 nitrogen and oxygen atoms in total.